The standard InChI is InChI=1S/C8H10NO2/c1-11-8-4-2-3-7(5-8)6-9-10/h2-5,9H,6H2,1H3/q-1. The van der Waals surface area contributed by atoms with Crippen LogP contribution in [0, 0.1) is 5.21 Å². The first-order valence-electron chi connectivity index (χ1n) is 3.34. The van der Waals surface area contributed by atoms with E-state index in [0.717, 1.165) is 11.3 Å². The molecule has 0 radical (unpaired) electrons. The van der Waals surface area contributed by atoms with Crippen LogP contribution in [0.1, 0.15) is 5.56 Å². The minimum atomic E-state index is 0.331. The Balaban J connectivity index is 2.74. The number of hydrogen-bond acceptors (Lipinski definition) is 3. The molecule has 1 aromatic carbocycles. The Bertz CT molecular complexity index is 225. The first-order valence-corrected chi connectivity index (χ1v) is 3.34. The van der Waals surface area contributed by atoms with Gasteiger partial charge in [0.1, 0.15) is 5.75 Å². The van der Waals surface area contributed by atoms with Gasteiger partial charge in [-0.3, -0.25) is 0 Å². The van der Waals surface area contributed by atoms with Gasteiger partial charge in [0.2, 0.25) is 0 Å². The molecule has 0 saturated carbocycles. The lowest BCUT2D eigenvalue weighted by atomic mass is 10.2. The zero-order valence-electron chi connectivity index (χ0n) is 6.33. The molecule has 0 heterocycles. The Morgan fingerprint density at radius 2 is 2.36 bits per heavy atom. The third kappa shape index (κ3) is 2.22. The van der Waals surface area contributed by atoms with Gasteiger partial charge in [0.05, 0.1) is 7.11 Å². The van der Waals surface area contributed by atoms with Gasteiger partial charge in [0.25, 0.3) is 0 Å². The van der Waals surface area contributed by atoms with Gasteiger partial charge in [-0.2, -0.15) is 0 Å². The van der Waals surface area contributed by atoms with E-state index < -0.39 is 0 Å². The molecule has 0 amide bonds. The minimum Gasteiger partial charge on any atom is -0.788 e. The maximum Gasteiger partial charge on any atom is 0.119 e. The SMILES string of the molecule is COc1cccc(CN[O-])c1. The summed E-state index contributed by atoms with van der Waals surface area (Å²) in [5.74, 6) is 0.776. The molecule has 0 fully saturated rings. The molecule has 11 heavy (non-hydrogen) atoms. The average molecular weight is 152 g/mol. The van der Waals surface area contributed by atoms with E-state index >= 15 is 0 Å². The van der Waals surface area contributed by atoms with Crippen LogP contribution in [0.4, 0.5) is 0 Å². The van der Waals surface area contributed by atoms with Gasteiger partial charge >= 0.3 is 0 Å². The van der Waals surface area contributed by atoms with Crippen LogP contribution in [0.15, 0.2) is 24.3 Å². The van der Waals surface area contributed by atoms with Gasteiger partial charge in [0.15, 0.2) is 0 Å². The van der Waals surface area contributed by atoms with E-state index in [2.05, 4.69) is 0 Å². The molecule has 60 valence electrons. The van der Waals surface area contributed by atoms with Crippen LogP contribution in [0.3, 0.4) is 0 Å². The van der Waals surface area contributed by atoms with E-state index in [-0.39, 0.29) is 0 Å². The van der Waals surface area contributed by atoms with Crippen LogP contribution in [0.25, 0.3) is 0 Å². The molecule has 0 unspecified atom stereocenters. The van der Waals surface area contributed by atoms with Crippen LogP contribution in [-0.4, -0.2) is 7.11 Å². The van der Waals surface area contributed by atoms with Crippen LogP contribution in [-0.2, 0) is 6.54 Å². The van der Waals surface area contributed by atoms with Crippen molar-refractivity contribution in [2.45, 2.75) is 6.54 Å². The number of rotatable bonds is 3. The van der Waals surface area contributed by atoms with Crippen LogP contribution >= 0.6 is 0 Å². The number of hydroxylamine groups is 1. The van der Waals surface area contributed by atoms with Crippen molar-refractivity contribution in [1.82, 2.24) is 5.48 Å². The predicted octanol–water partition coefficient (Wildman–Crippen LogP) is 1.28. The lowest BCUT2D eigenvalue weighted by Crippen LogP contribution is -2.02. The quantitative estimate of drug-likeness (QED) is 0.663. The van der Waals surface area contributed by atoms with Crippen molar-refractivity contribution < 1.29 is 4.74 Å². The fourth-order valence-corrected chi connectivity index (χ4v) is 0.866. The number of benzene rings is 1. The van der Waals surface area contributed by atoms with Crippen LogP contribution in [0.2, 0.25) is 0 Å². The van der Waals surface area contributed by atoms with E-state index in [0.29, 0.717) is 6.54 Å². The molecule has 1 aromatic rings. The second-order valence-corrected chi connectivity index (χ2v) is 2.17. The molecule has 1 N–H and O–H groups in total. The third-order valence-electron chi connectivity index (χ3n) is 1.41. The predicted molar refractivity (Wildman–Crippen MR) is 43.2 cm³/mol. The lowest BCUT2D eigenvalue weighted by Gasteiger charge is -2.07. The van der Waals surface area contributed by atoms with Crippen molar-refractivity contribution in [2.24, 2.45) is 0 Å². The van der Waals surface area contributed by atoms with Crippen molar-refractivity contribution in [1.29, 1.82) is 0 Å². The maximum atomic E-state index is 10.0. The van der Waals surface area contributed by atoms with Gasteiger partial charge in [-0.25, -0.2) is 0 Å². The molecule has 0 aliphatic carbocycles. The summed E-state index contributed by atoms with van der Waals surface area (Å²) in [6, 6.07) is 7.39. The van der Waals surface area contributed by atoms with Crippen LogP contribution < -0.4 is 10.2 Å². The lowest BCUT2D eigenvalue weighted by molar-refractivity contribution is 0.414. The smallest absolute Gasteiger partial charge is 0.119 e. The molecule has 0 spiro atoms. The van der Waals surface area contributed by atoms with Gasteiger partial charge < -0.3 is 15.4 Å². The van der Waals surface area contributed by atoms with E-state index in [9.17, 15) is 5.21 Å². The molecule has 0 aliphatic rings. The normalized spacial score (nSPS) is 9.64. The van der Waals surface area contributed by atoms with E-state index in [1.54, 1.807) is 7.11 Å². The Labute approximate surface area is 65.6 Å². The Kier molecular flexibility index (Phi) is 2.89. The molecular formula is C8H10NO2-. The first-order chi connectivity index (χ1) is 5.36. The van der Waals surface area contributed by atoms with Crippen LogP contribution in [0.5, 0.6) is 5.75 Å². The second kappa shape index (κ2) is 3.95. The molecule has 0 atom stereocenters. The van der Waals surface area contributed by atoms with E-state index in [4.69, 9.17) is 4.74 Å². The summed E-state index contributed by atoms with van der Waals surface area (Å²) in [7, 11) is 1.60. The zero-order chi connectivity index (χ0) is 8.10. The van der Waals surface area contributed by atoms with E-state index in [1.807, 2.05) is 29.7 Å². The molecule has 0 aromatic heterocycles. The van der Waals surface area contributed by atoms with Crippen molar-refractivity contribution in [3.8, 4) is 5.75 Å². The maximum absolute atomic E-state index is 10.0. The monoisotopic (exact) mass is 152 g/mol. The van der Waals surface area contributed by atoms with Crippen molar-refractivity contribution in [3.05, 3.63) is 35.0 Å². The number of nitrogens with one attached hydrogen (secondary N) is 1. The summed E-state index contributed by atoms with van der Waals surface area (Å²) in [6.07, 6.45) is 0. The van der Waals surface area contributed by atoms with Gasteiger partial charge in [-0.15, -0.1) is 0 Å². The number of ether oxygens (including phenoxy) is 1. The highest BCUT2D eigenvalue weighted by atomic mass is 16.5. The number of hydrogen-bond donors (Lipinski definition) is 1. The van der Waals surface area contributed by atoms with Crippen molar-refractivity contribution >= 4 is 0 Å². The Hall–Kier alpha value is -1.06. The van der Waals surface area contributed by atoms with E-state index in [1.165, 1.54) is 0 Å². The molecular weight excluding hydrogens is 142 g/mol. The average Bonchev–Trinajstić information content (AvgIpc) is 2.06. The van der Waals surface area contributed by atoms with Gasteiger partial charge in [0, 0.05) is 6.54 Å². The van der Waals surface area contributed by atoms with Crippen molar-refractivity contribution in [3.63, 3.8) is 0 Å². The van der Waals surface area contributed by atoms with Crippen molar-refractivity contribution in [2.75, 3.05) is 7.11 Å². The summed E-state index contributed by atoms with van der Waals surface area (Å²) >= 11 is 0. The fraction of sp³-hybridized carbons (Fsp3) is 0.250. The summed E-state index contributed by atoms with van der Waals surface area (Å²) < 4.78 is 4.97. The Morgan fingerprint density at radius 1 is 1.55 bits per heavy atom. The summed E-state index contributed by atoms with van der Waals surface area (Å²) in [6.45, 7) is 0.331. The number of methoxy groups -OCH3 is 1. The highest BCUT2D eigenvalue weighted by Gasteiger charge is 1.91. The highest BCUT2D eigenvalue weighted by Crippen LogP contribution is 2.11. The van der Waals surface area contributed by atoms with Gasteiger partial charge in [-0.1, -0.05) is 12.1 Å². The zero-order valence-corrected chi connectivity index (χ0v) is 6.33. The summed E-state index contributed by atoms with van der Waals surface area (Å²) in [5, 5.41) is 10.0. The minimum absolute atomic E-state index is 0.331. The summed E-state index contributed by atoms with van der Waals surface area (Å²) in [5.41, 5.74) is 2.76. The Morgan fingerprint density at radius 3 is 3.00 bits per heavy atom. The summed E-state index contributed by atoms with van der Waals surface area (Å²) in [4.78, 5) is 0. The molecule has 3 nitrogen and oxygen atoms in total. The molecule has 0 bridgehead atoms. The highest BCUT2D eigenvalue weighted by molar-refractivity contribution is 5.28. The topological polar surface area (TPSA) is 44.3 Å². The van der Waals surface area contributed by atoms with Gasteiger partial charge in [-0.05, 0) is 17.7 Å². The first kappa shape index (κ1) is 8.04. The second-order valence-electron chi connectivity index (χ2n) is 2.17. The fourth-order valence-electron chi connectivity index (χ4n) is 0.866. The third-order valence-corrected chi connectivity index (χ3v) is 1.41. The molecule has 0 saturated heterocycles. The largest absolute Gasteiger partial charge is 0.788 e. The molecule has 1 rings (SSSR count). The molecule has 0 aliphatic heterocycles. The molecule has 3 heteroatoms.